The van der Waals surface area contributed by atoms with Crippen LogP contribution in [0.3, 0.4) is 0 Å². The molecule has 0 aliphatic carbocycles. The largest absolute Gasteiger partial charge is 0.494 e. The molecule has 1 amide bonds. The van der Waals surface area contributed by atoms with Crippen LogP contribution in [0.2, 0.25) is 5.02 Å². The van der Waals surface area contributed by atoms with Crippen molar-refractivity contribution in [3.8, 4) is 11.4 Å². The fourth-order valence-corrected chi connectivity index (χ4v) is 2.47. The number of benzene rings is 2. The van der Waals surface area contributed by atoms with Gasteiger partial charge in [-0.1, -0.05) is 23.7 Å². The van der Waals surface area contributed by atoms with E-state index in [-0.39, 0.29) is 12.5 Å². The summed E-state index contributed by atoms with van der Waals surface area (Å²) in [6, 6.07) is 12.7. The topological polar surface area (TPSA) is 94.0 Å². The summed E-state index contributed by atoms with van der Waals surface area (Å²) in [6.07, 6.45) is 1.47. The van der Waals surface area contributed by atoms with Crippen LogP contribution >= 0.6 is 11.6 Å². The van der Waals surface area contributed by atoms with Gasteiger partial charge in [0.2, 0.25) is 5.91 Å². The molecule has 3 aromatic rings. The van der Waals surface area contributed by atoms with Gasteiger partial charge in [-0.15, -0.1) is 5.10 Å². The molecule has 1 aromatic heterocycles. The van der Waals surface area contributed by atoms with Crippen molar-refractivity contribution in [2.45, 2.75) is 6.54 Å². The number of anilines is 1. The van der Waals surface area contributed by atoms with E-state index in [1.165, 1.54) is 11.0 Å². The smallest absolute Gasteiger partial charge is 0.238 e. The van der Waals surface area contributed by atoms with Crippen molar-refractivity contribution in [2.24, 2.45) is 0 Å². The SMILES string of the molecule is COc1cc(NC(=O)CNCc2ccc(Cl)cc2)ccc1-n1cnnn1. The van der Waals surface area contributed by atoms with E-state index in [0.29, 0.717) is 28.7 Å². The average molecular weight is 373 g/mol. The monoisotopic (exact) mass is 372 g/mol. The number of nitrogens with zero attached hydrogens (tertiary/aromatic N) is 4. The Morgan fingerprint density at radius 2 is 2.04 bits per heavy atom. The van der Waals surface area contributed by atoms with Crippen molar-refractivity contribution < 1.29 is 9.53 Å². The molecule has 0 aliphatic heterocycles. The van der Waals surface area contributed by atoms with E-state index in [0.717, 1.165) is 5.56 Å². The van der Waals surface area contributed by atoms with Crippen molar-refractivity contribution in [1.82, 2.24) is 25.5 Å². The summed E-state index contributed by atoms with van der Waals surface area (Å²) in [6.45, 7) is 0.756. The maximum absolute atomic E-state index is 12.1. The molecule has 0 radical (unpaired) electrons. The van der Waals surface area contributed by atoms with Crippen LogP contribution in [0.25, 0.3) is 5.69 Å². The highest BCUT2D eigenvalue weighted by molar-refractivity contribution is 6.30. The maximum atomic E-state index is 12.1. The summed E-state index contributed by atoms with van der Waals surface area (Å²) in [5.74, 6) is 0.389. The Kier molecular flexibility index (Phi) is 5.77. The highest BCUT2D eigenvalue weighted by Gasteiger charge is 2.09. The Balaban J connectivity index is 1.56. The lowest BCUT2D eigenvalue weighted by Gasteiger charge is -2.11. The van der Waals surface area contributed by atoms with E-state index in [4.69, 9.17) is 16.3 Å². The number of amides is 1. The molecule has 0 atom stereocenters. The van der Waals surface area contributed by atoms with Gasteiger partial charge in [-0.25, -0.2) is 0 Å². The van der Waals surface area contributed by atoms with Crippen LogP contribution in [0.15, 0.2) is 48.8 Å². The number of hydrogen-bond acceptors (Lipinski definition) is 6. The number of nitrogens with one attached hydrogen (secondary N) is 2. The van der Waals surface area contributed by atoms with Gasteiger partial charge in [-0.3, -0.25) is 4.79 Å². The molecular formula is C17H17ClN6O2. The average Bonchev–Trinajstić information content (AvgIpc) is 3.17. The standard InChI is InChI=1S/C17H17ClN6O2/c1-26-16-8-14(6-7-15(16)24-11-20-22-23-24)21-17(25)10-19-9-12-2-4-13(18)5-3-12/h2-8,11,19H,9-10H2,1H3,(H,21,25). The lowest BCUT2D eigenvalue weighted by atomic mass is 10.2. The number of carbonyl (C=O) groups excluding carboxylic acids is 1. The predicted octanol–water partition coefficient (Wildman–Crippen LogP) is 2.05. The van der Waals surface area contributed by atoms with E-state index >= 15 is 0 Å². The molecule has 0 saturated heterocycles. The van der Waals surface area contributed by atoms with Crippen LogP contribution in [0.1, 0.15) is 5.56 Å². The van der Waals surface area contributed by atoms with E-state index < -0.39 is 0 Å². The second-order valence-corrected chi connectivity index (χ2v) is 5.86. The van der Waals surface area contributed by atoms with Crippen molar-refractivity contribution >= 4 is 23.2 Å². The summed E-state index contributed by atoms with van der Waals surface area (Å²) >= 11 is 5.85. The summed E-state index contributed by atoms with van der Waals surface area (Å²) in [4.78, 5) is 12.1. The molecule has 0 saturated carbocycles. The van der Waals surface area contributed by atoms with Crippen LogP contribution in [-0.4, -0.2) is 39.8 Å². The van der Waals surface area contributed by atoms with Crippen molar-refractivity contribution in [1.29, 1.82) is 0 Å². The molecular weight excluding hydrogens is 356 g/mol. The van der Waals surface area contributed by atoms with Crippen LogP contribution in [-0.2, 0) is 11.3 Å². The Hall–Kier alpha value is -2.97. The van der Waals surface area contributed by atoms with Gasteiger partial charge in [0.05, 0.1) is 13.7 Å². The number of hydrogen-bond donors (Lipinski definition) is 2. The maximum Gasteiger partial charge on any atom is 0.238 e. The van der Waals surface area contributed by atoms with Gasteiger partial charge < -0.3 is 15.4 Å². The van der Waals surface area contributed by atoms with E-state index in [2.05, 4.69) is 26.2 Å². The zero-order valence-corrected chi connectivity index (χ0v) is 14.8. The first-order valence-corrected chi connectivity index (χ1v) is 8.20. The first kappa shape index (κ1) is 17.8. The van der Waals surface area contributed by atoms with E-state index in [1.54, 1.807) is 25.3 Å². The minimum Gasteiger partial charge on any atom is -0.494 e. The zero-order chi connectivity index (χ0) is 18.4. The minimum atomic E-state index is -0.156. The lowest BCUT2D eigenvalue weighted by molar-refractivity contribution is -0.115. The van der Waals surface area contributed by atoms with E-state index in [9.17, 15) is 4.79 Å². The fraction of sp³-hybridized carbons (Fsp3) is 0.176. The first-order valence-electron chi connectivity index (χ1n) is 7.82. The van der Waals surface area contributed by atoms with Gasteiger partial charge >= 0.3 is 0 Å². The molecule has 0 unspecified atom stereocenters. The van der Waals surface area contributed by atoms with Gasteiger partial charge in [-0.2, -0.15) is 4.68 Å². The first-order chi connectivity index (χ1) is 12.7. The molecule has 0 fully saturated rings. The molecule has 26 heavy (non-hydrogen) atoms. The summed E-state index contributed by atoms with van der Waals surface area (Å²) in [5.41, 5.74) is 2.35. The van der Waals surface area contributed by atoms with Gasteiger partial charge in [-0.05, 0) is 40.3 Å². The molecule has 0 bridgehead atoms. The molecule has 2 aromatic carbocycles. The normalized spacial score (nSPS) is 10.5. The quantitative estimate of drug-likeness (QED) is 0.659. The van der Waals surface area contributed by atoms with Gasteiger partial charge in [0.25, 0.3) is 0 Å². The highest BCUT2D eigenvalue weighted by Crippen LogP contribution is 2.25. The molecule has 0 spiro atoms. The number of carbonyl (C=O) groups is 1. The lowest BCUT2D eigenvalue weighted by Crippen LogP contribution is -2.27. The fourth-order valence-electron chi connectivity index (χ4n) is 2.34. The Bertz CT molecular complexity index is 867. The number of ether oxygens (including phenoxy) is 1. The van der Waals surface area contributed by atoms with Gasteiger partial charge in [0, 0.05) is 23.3 Å². The number of halogens is 1. The van der Waals surface area contributed by atoms with Crippen LogP contribution < -0.4 is 15.4 Å². The highest BCUT2D eigenvalue weighted by atomic mass is 35.5. The molecule has 0 aliphatic rings. The van der Waals surface area contributed by atoms with Crippen molar-refractivity contribution in [3.63, 3.8) is 0 Å². The third-order valence-corrected chi connectivity index (χ3v) is 3.84. The second-order valence-electron chi connectivity index (χ2n) is 5.42. The van der Waals surface area contributed by atoms with Gasteiger partial charge in [0.1, 0.15) is 17.8 Å². The van der Waals surface area contributed by atoms with Gasteiger partial charge in [0.15, 0.2) is 0 Å². The van der Waals surface area contributed by atoms with Crippen LogP contribution in [0.5, 0.6) is 5.75 Å². The van der Waals surface area contributed by atoms with Crippen molar-refractivity contribution in [2.75, 3.05) is 19.0 Å². The molecule has 134 valence electrons. The third kappa shape index (κ3) is 4.56. The molecule has 8 nitrogen and oxygen atoms in total. The summed E-state index contributed by atoms with van der Waals surface area (Å²) < 4.78 is 6.83. The number of methoxy groups -OCH3 is 1. The third-order valence-electron chi connectivity index (χ3n) is 3.59. The summed E-state index contributed by atoms with van der Waals surface area (Å²) in [7, 11) is 1.54. The van der Waals surface area contributed by atoms with Crippen LogP contribution in [0.4, 0.5) is 5.69 Å². The van der Waals surface area contributed by atoms with E-state index in [1.807, 2.05) is 24.3 Å². The summed E-state index contributed by atoms with van der Waals surface area (Å²) in [5, 5.41) is 17.6. The molecule has 2 N–H and O–H groups in total. The zero-order valence-electron chi connectivity index (χ0n) is 14.0. The minimum absolute atomic E-state index is 0.156. The molecule has 1 heterocycles. The number of rotatable bonds is 7. The Labute approximate surface area is 155 Å². The van der Waals surface area contributed by atoms with Crippen molar-refractivity contribution in [3.05, 3.63) is 59.4 Å². The molecule has 9 heteroatoms. The van der Waals surface area contributed by atoms with Crippen LogP contribution in [0, 0.1) is 0 Å². The molecule has 3 rings (SSSR count). The second kappa shape index (κ2) is 8.41. The number of aromatic nitrogens is 4. The number of tetrazole rings is 1. The predicted molar refractivity (Wildman–Crippen MR) is 97.5 cm³/mol. The Morgan fingerprint density at radius 3 is 2.73 bits per heavy atom. The Morgan fingerprint density at radius 1 is 1.23 bits per heavy atom.